The fourth-order valence-corrected chi connectivity index (χ4v) is 3.20. The number of primary sulfonamides is 1. The Hall–Kier alpha value is -2.16. The molecule has 0 radical (unpaired) electrons. The molecule has 0 bridgehead atoms. The molecule has 3 N–H and O–H groups in total. The predicted octanol–water partition coefficient (Wildman–Crippen LogP) is 2.06. The molecule has 6 nitrogen and oxygen atoms in total. The maximum atomic E-state index is 12.0. The zero-order valence-corrected chi connectivity index (χ0v) is 13.9. The van der Waals surface area contributed by atoms with Crippen molar-refractivity contribution in [2.45, 2.75) is 11.8 Å². The van der Waals surface area contributed by atoms with Crippen LogP contribution >= 0.6 is 0 Å². The Bertz CT molecular complexity index is 932. The van der Waals surface area contributed by atoms with Crippen LogP contribution in [0.4, 0.5) is 5.69 Å². The Morgan fingerprint density at radius 2 is 1.65 bits per heavy atom. The van der Waals surface area contributed by atoms with E-state index < -0.39 is 20.0 Å². The van der Waals surface area contributed by atoms with Crippen LogP contribution in [0, 0.1) is 6.92 Å². The van der Waals surface area contributed by atoms with Crippen molar-refractivity contribution in [2.24, 2.45) is 5.14 Å². The van der Waals surface area contributed by atoms with E-state index in [0.717, 1.165) is 22.6 Å². The maximum absolute atomic E-state index is 12.0. The van der Waals surface area contributed by atoms with Gasteiger partial charge in [0.25, 0.3) is 10.0 Å². The molecule has 2 aromatic rings. The summed E-state index contributed by atoms with van der Waals surface area (Å²) in [6.45, 7) is 1.93. The van der Waals surface area contributed by atoms with Gasteiger partial charge in [0, 0.05) is 0 Å². The highest BCUT2D eigenvalue weighted by Gasteiger charge is 2.11. The second-order valence-corrected chi connectivity index (χ2v) is 8.06. The molecule has 0 atom stereocenters. The fraction of sp³-hybridized carbons (Fsp3) is 0.0667. The summed E-state index contributed by atoms with van der Waals surface area (Å²) < 4.78 is 48.9. The SMILES string of the molecule is Cc1ccc(/C=C/S(=O)(=O)Nc2cccc(S(N)(=O)=O)c2)cc1. The monoisotopic (exact) mass is 352 g/mol. The molecule has 122 valence electrons. The first kappa shape index (κ1) is 17.2. The normalized spacial score (nSPS) is 12.4. The molecule has 23 heavy (non-hydrogen) atoms. The summed E-state index contributed by atoms with van der Waals surface area (Å²) in [5.74, 6) is 0. The first-order chi connectivity index (χ1) is 10.7. The molecule has 8 heteroatoms. The van der Waals surface area contributed by atoms with Crippen LogP contribution in [-0.4, -0.2) is 16.8 Å². The van der Waals surface area contributed by atoms with E-state index in [9.17, 15) is 16.8 Å². The molecule has 0 aliphatic rings. The van der Waals surface area contributed by atoms with Crippen molar-refractivity contribution in [3.63, 3.8) is 0 Å². The van der Waals surface area contributed by atoms with Gasteiger partial charge < -0.3 is 0 Å². The van der Waals surface area contributed by atoms with Gasteiger partial charge in [-0.25, -0.2) is 22.0 Å². The van der Waals surface area contributed by atoms with Gasteiger partial charge in [-0.1, -0.05) is 35.9 Å². The van der Waals surface area contributed by atoms with E-state index in [2.05, 4.69) is 4.72 Å². The highest BCUT2D eigenvalue weighted by molar-refractivity contribution is 7.95. The molecule has 0 saturated carbocycles. The first-order valence-electron chi connectivity index (χ1n) is 6.56. The molecule has 0 aromatic heterocycles. The van der Waals surface area contributed by atoms with Crippen LogP contribution in [0.1, 0.15) is 11.1 Å². The van der Waals surface area contributed by atoms with Crippen LogP contribution in [0.25, 0.3) is 6.08 Å². The smallest absolute Gasteiger partial charge is 0.255 e. The zero-order valence-electron chi connectivity index (χ0n) is 12.3. The molecule has 0 aliphatic carbocycles. The van der Waals surface area contributed by atoms with Crippen LogP contribution in [0.2, 0.25) is 0 Å². The first-order valence-corrected chi connectivity index (χ1v) is 9.65. The van der Waals surface area contributed by atoms with E-state index in [4.69, 9.17) is 5.14 Å². The number of sulfonamides is 2. The molecule has 2 rings (SSSR count). The van der Waals surface area contributed by atoms with E-state index in [1.807, 2.05) is 19.1 Å². The molecule has 0 heterocycles. The molecule has 0 saturated heterocycles. The van der Waals surface area contributed by atoms with Crippen molar-refractivity contribution in [3.05, 3.63) is 65.1 Å². The number of benzene rings is 2. The maximum Gasteiger partial charge on any atom is 0.255 e. The quantitative estimate of drug-likeness (QED) is 0.859. The summed E-state index contributed by atoms with van der Waals surface area (Å²) in [7, 11) is -7.66. The lowest BCUT2D eigenvalue weighted by Gasteiger charge is -2.06. The van der Waals surface area contributed by atoms with Crippen LogP contribution in [0.15, 0.2) is 58.8 Å². The largest absolute Gasteiger partial charge is 0.280 e. The molecule has 0 spiro atoms. The third kappa shape index (κ3) is 5.20. The van der Waals surface area contributed by atoms with Crippen molar-refractivity contribution in [2.75, 3.05) is 4.72 Å². The second kappa shape index (κ2) is 6.53. The van der Waals surface area contributed by atoms with Crippen LogP contribution < -0.4 is 9.86 Å². The number of rotatable bonds is 5. The third-order valence-electron chi connectivity index (χ3n) is 2.94. The molecule has 0 fully saturated rings. The summed E-state index contributed by atoms with van der Waals surface area (Å²) in [4.78, 5) is -0.166. The Labute approximate surface area is 135 Å². The fourth-order valence-electron chi connectivity index (χ4n) is 1.78. The standard InChI is InChI=1S/C15H16N2O4S2/c1-12-5-7-13(8-6-12)9-10-22(18,19)17-14-3-2-4-15(11-14)23(16,20)21/h2-11,17H,1H3,(H2,16,20,21)/b10-9+. The molecule has 0 aliphatic heterocycles. The van der Waals surface area contributed by atoms with Crippen LogP contribution in [0.5, 0.6) is 0 Å². The average molecular weight is 352 g/mol. The zero-order chi connectivity index (χ0) is 17.1. The summed E-state index contributed by atoms with van der Waals surface area (Å²) in [6.07, 6.45) is 1.45. The van der Waals surface area contributed by atoms with Crippen LogP contribution in [0.3, 0.4) is 0 Å². The van der Waals surface area contributed by atoms with Crippen molar-refractivity contribution in [1.29, 1.82) is 0 Å². The van der Waals surface area contributed by atoms with Gasteiger partial charge in [0.05, 0.1) is 16.0 Å². The number of nitrogens with one attached hydrogen (secondary N) is 1. The minimum Gasteiger partial charge on any atom is -0.280 e. The minimum atomic E-state index is -3.89. The Balaban J connectivity index is 2.20. The van der Waals surface area contributed by atoms with E-state index >= 15 is 0 Å². The lowest BCUT2D eigenvalue weighted by molar-refractivity contribution is 0.597. The van der Waals surface area contributed by atoms with Crippen LogP contribution in [-0.2, 0) is 20.0 Å². The highest BCUT2D eigenvalue weighted by Crippen LogP contribution is 2.16. The van der Waals surface area contributed by atoms with E-state index in [1.54, 1.807) is 12.1 Å². The van der Waals surface area contributed by atoms with E-state index in [0.29, 0.717) is 0 Å². The van der Waals surface area contributed by atoms with Crippen molar-refractivity contribution in [1.82, 2.24) is 0 Å². The number of hydrogen-bond acceptors (Lipinski definition) is 4. The summed E-state index contributed by atoms with van der Waals surface area (Å²) in [6, 6.07) is 12.6. The van der Waals surface area contributed by atoms with E-state index in [-0.39, 0.29) is 10.6 Å². The Morgan fingerprint density at radius 3 is 2.26 bits per heavy atom. The van der Waals surface area contributed by atoms with Crippen molar-refractivity contribution in [3.8, 4) is 0 Å². The second-order valence-electron chi connectivity index (χ2n) is 4.93. The Kier molecular flexibility index (Phi) is 4.88. The molecule has 0 amide bonds. The molecule has 2 aromatic carbocycles. The van der Waals surface area contributed by atoms with Gasteiger partial charge in [-0.15, -0.1) is 0 Å². The minimum absolute atomic E-state index is 0.116. The van der Waals surface area contributed by atoms with Crippen molar-refractivity contribution >= 4 is 31.8 Å². The van der Waals surface area contributed by atoms with Crippen molar-refractivity contribution < 1.29 is 16.8 Å². The van der Waals surface area contributed by atoms with Gasteiger partial charge in [-0.05, 0) is 36.8 Å². The number of anilines is 1. The Morgan fingerprint density at radius 1 is 1.00 bits per heavy atom. The summed E-state index contributed by atoms with van der Waals surface area (Å²) >= 11 is 0. The highest BCUT2D eigenvalue weighted by atomic mass is 32.2. The average Bonchev–Trinajstić information content (AvgIpc) is 2.46. The lowest BCUT2D eigenvalue weighted by Crippen LogP contribution is -2.13. The van der Waals surface area contributed by atoms with Gasteiger partial charge >= 0.3 is 0 Å². The number of hydrogen-bond donors (Lipinski definition) is 2. The van der Waals surface area contributed by atoms with Gasteiger partial charge in [0.15, 0.2) is 0 Å². The molecular weight excluding hydrogens is 336 g/mol. The topological polar surface area (TPSA) is 106 Å². The number of aryl methyl sites for hydroxylation is 1. The van der Waals surface area contributed by atoms with Gasteiger partial charge in [-0.2, -0.15) is 0 Å². The molecule has 0 unspecified atom stereocenters. The molecular formula is C15H16N2O4S2. The summed E-state index contributed by atoms with van der Waals surface area (Å²) in [5, 5.41) is 6.03. The van der Waals surface area contributed by atoms with Gasteiger partial charge in [-0.3, -0.25) is 4.72 Å². The third-order valence-corrected chi connectivity index (χ3v) is 4.87. The lowest BCUT2D eigenvalue weighted by atomic mass is 10.2. The van der Waals surface area contributed by atoms with Gasteiger partial charge in [0.1, 0.15) is 0 Å². The van der Waals surface area contributed by atoms with Gasteiger partial charge in [0.2, 0.25) is 10.0 Å². The number of nitrogens with two attached hydrogens (primary N) is 1. The summed E-state index contributed by atoms with van der Waals surface area (Å²) in [5.41, 5.74) is 1.92. The predicted molar refractivity (Wildman–Crippen MR) is 90.6 cm³/mol. The van der Waals surface area contributed by atoms with E-state index in [1.165, 1.54) is 24.3 Å².